The lowest BCUT2D eigenvalue weighted by atomic mass is 9.90. The summed E-state index contributed by atoms with van der Waals surface area (Å²) in [6.45, 7) is 3.07. The number of hydrogen-bond acceptors (Lipinski definition) is 5. The lowest BCUT2D eigenvalue weighted by Gasteiger charge is -2.37. The van der Waals surface area contributed by atoms with E-state index < -0.39 is 0 Å². The maximum atomic E-state index is 5.90. The number of para-hydroxylation sites is 1. The maximum absolute atomic E-state index is 5.90. The molecular weight excluding hydrogens is 655 g/mol. The van der Waals surface area contributed by atoms with Gasteiger partial charge in [-0.05, 0) is 103 Å². The van der Waals surface area contributed by atoms with Crippen LogP contribution in [0.3, 0.4) is 0 Å². The Balaban J connectivity index is 1.10. The van der Waals surface area contributed by atoms with Gasteiger partial charge in [0.1, 0.15) is 6.17 Å². The van der Waals surface area contributed by atoms with Gasteiger partial charge in [0.25, 0.3) is 0 Å². The monoisotopic (exact) mass is 701 g/mol. The summed E-state index contributed by atoms with van der Waals surface area (Å²) in [6, 6.07) is 25.3. The summed E-state index contributed by atoms with van der Waals surface area (Å²) in [5, 5.41) is 15.1. The summed E-state index contributed by atoms with van der Waals surface area (Å²) >= 11 is 2.01. The zero-order valence-electron chi connectivity index (χ0n) is 29.8. The van der Waals surface area contributed by atoms with E-state index >= 15 is 0 Å². The number of thiophene rings is 1. The fraction of sp³-hybridized carbons (Fsp3) is 0.261. The molecule has 0 amide bonds. The van der Waals surface area contributed by atoms with Crippen molar-refractivity contribution in [1.82, 2.24) is 20.5 Å². The molecule has 4 aliphatic rings. The minimum Gasteiger partial charge on any atom is -0.405 e. The molecule has 4 atom stereocenters. The molecule has 0 saturated carbocycles. The van der Waals surface area contributed by atoms with Crippen LogP contribution in [-0.2, 0) is 0 Å². The highest BCUT2D eigenvalue weighted by Crippen LogP contribution is 2.49. The normalized spacial score (nSPS) is 22.6. The van der Waals surface area contributed by atoms with Crippen LogP contribution in [0, 0.1) is 5.92 Å². The lowest BCUT2D eigenvalue weighted by Crippen LogP contribution is -2.53. The van der Waals surface area contributed by atoms with Crippen LogP contribution in [0.2, 0.25) is 0 Å². The molecule has 5 aromatic rings. The second kappa shape index (κ2) is 14.2. The van der Waals surface area contributed by atoms with Gasteiger partial charge in [-0.15, -0.1) is 11.3 Å². The molecular formula is C46H47N5S. The van der Waals surface area contributed by atoms with Gasteiger partial charge >= 0.3 is 0 Å². The summed E-state index contributed by atoms with van der Waals surface area (Å²) in [6.07, 6.45) is 29.2. The van der Waals surface area contributed by atoms with E-state index in [-0.39, 0.29) is 18.2 Å². The SMILES string of the molecule is CCC(/C=C\N)C1C=C(C2=CCNC=C2)NC(C2=CCC(n3c4ccccc4c4c5sc(C6=CCCCC6)c(-c6ccccc6)c5ccc43)C=C2)N1. The van der Waals surface area contributed by atoms with E-state index in [1.165, 1.54) is 89.6 Å². The van der Waals surface area contributed by atoms with Crippen molar-refractivity contribution < 1.29 is 0 Å². The van der Waals surface area contributed by atoms with Gasteiger partial charge in [-0.1, -0.05) is 98.0 Å². The van der Waals surface area contributed by atoms with Gasteiger partial charge in [0.15, 0.2) is 0 Å². The highest BCUT2D eigenvalue weighted by Gasteiger charge is 2.30. The Labute approximate surface area is 310 Å². The van der Waals surface area contributed by atoms with Crippen molar-refractivity contribution in [1.29, 1.82) is 0 Å². The molecule has 4 heterocycles. The van der Waals surface area contributed by atoms with Gasteiger partial charge in [-0.2, -0.15) is 0 Å². The molecule has 6 heteroatoms. The van der Waals surface area contributed by atoms with Gasteiger partial charge < -0.3 is 20.9 Å². The molecule has 3 aromatic carbocycles. The molecule has 9 rings (SSSR count). The largest absolute Gasteiger partial charge is 0.405 e. The highest BCUT2D eigenvalue weighted by molar-refractivity contribution is 7.21. The van der Waals surface area contributed by atoms with Gasteiger partial charge in [-0.3, -0.25) is 5.32 Å². The molecule has 5 nitrogen and oxygen atoms in total. The number of fused-ring (bicyclic) bond motifs is 5. The number of allylic oxidation sites excluding steroid dienone is 5. The standard InChI is InChI=1S/C46H47N5S/c1-2-30(23-26-47)38-29-39(31-24-27-48-28-25-31)50-46(49-38)34-17-19-35(20-18-34)51-40-16-10-9-15-36(40)43-41(51)22-21-37-42(32-11-5-3-6-12-32)44(52-45(37)43)33-13-7-4-8-14-33/h3,5-6,9-13,15-19,21-27,29-30,35,38,46,48-50H,2,4,7-8,14,20,28,47H2,1H3/b26-23-. The van der Waals surface area contributed by atoms with Crippen molar-refractivity contribution in [3.8, 4) is 11.1 Å². The van der Waals surface area contributed by atoms with Crippen LogP contribution in [0.25, 0.3) is 48.6 Å². The van der Waals surface area contributed by atoms with Crippen LogP contribution in [0.5, 0.6) is 0 Å². The Bertz CT molecular complexity index is 2360. The number of hydrogen-bond donors (Lipinski definition) is 4. The molecule has 0 fully saturated rings. The second-order valence-electron chi connectivity index (χ2n) is 14.4. The van der Waals surface area contributed by atoms with Gasteiger partial charge in [-0.25, -0.2) is 0 Å². The molecule has 0 spiro atoms. The zero-order valence-corrected chi connectivity index (χ0v) is 30.6. The highest BCUT2D eigenvalue weighted by atomic mass is 32.1. The van der Waals surface area contributed by atoms with Crippen LogP contribution < -0.4 is 21.7 Å². The molecule has 4 unspecified atom stereocenters. The summed E-state index contributed by atoms with van der Waals surface area (Å²) < 4.78 is 4.00. The summed E-state index contributed by atoms with van der Waals surface area (Å²) in [4.78, 5) is 1.46. The van der Waals surface area contributed by atoms with Crippen molar-refractivity contribution in [3.05, 3.63) is 149 Å². The third-order valence-electron chi connectivity index (χ3n) is 11.4. The van der Waals surface area contributed by atoms with Crippen LogP contribution in [-0.4, -0.2) is 23.3 Å². The van der Waals surface area contributed by atoms with Crippen LogP contribution in [0.1, 0.15) is 56.4 Å². The zero-order chi connectivity index (χ0) is 35.0. The third kappa shape index (κ3) is 5.84. The quantitative estimate of drug-likeness (QED) is 0.130. The van der Waals surface area contributed by atoms with Crippen molar-refractivity contribution >= 4 is 48.8 Å². The van der Waals surface area contributed by atoms with Crippen LogP contribution in [0.15, 0.2) is 145 Å². The van der Waals surface area contributed by atoms with Crippen molar-refractivity contribution in [2.24, 2.45) is 11.7 Å². The number of rotatable bonds is 8. The van der Waals surface area contributed by atoms with E-state index in [4.69, 9.17) is 5.73 Å². The Hall–Kier alpha value is -5.04. The first kappa shape index (κ1) is 32.8. The summed E-state index contributed by atoms with van der Waals surface area (Å²) in [7, 11) is 0. The molecule has 0 bridgehead atoms. The van der Waals surface area contributed by atoms with Crippen LogP contribution >= 0.6 is 11.3 Å². The molecule has 0 saturated heterocycles. The topological polar surface area (TPSA) is 67.0 Å². The third-order valence-corrected chi connectivity index (χ3v) is 12.7. The van der Waals surface area contributed by atoms with Gasteiger partial charge in [0, 0.05) is 55.1 Å². The number of benzene rings is 3. The molecule has 2 aromatic heterocycles. The lowest BCUT2D eigenvalue weighted by molar-refractivity contribution is 0.379. The van der Waals surface area contributed by atoms with Crippen molar-refractivity contribution in [2.45, 2.75) is 63.7 Å². The van der Waals surface area contributed by atoms with E-state index in [2.05, 4.69) is 143 Å². The minimum absolute atomic E-state index is 0.000532. The number of nitrogens with one attached hydrogen (secondary N) is 3. The summed E-state index contributed by atoms with van der Waals surface area (Å²) in [5.74, 6) is 0.306. The molecule has 52 heavy (non-hydrogen) atoms. The fourth-order valence-corrected chi connectivity index (χ4v) is 10.2. The van der Waals surface area contributed by atoms with E-state index in [1.54, 1.807) is 6.20 Å². The van der Waals surface area contributed by atoms with E-state index in [0.717, 1.165) is 25.8 Å². The molecule has 2 aliphatic heterocycles. The molecule has 2 aliphatic carbocycles. The molecule has 5 N–H and O–H groups in total. The van der Waals surface area contributed by atoms with Gasteiger partial charge in [0.2, 0.25) is 0 Å². The first-order valence-electron chi connectivity index (χ1n) is 19.1. The predicted molar refractivity (Wildman–Crippen MR) is 222 cm³/mol. The minimum atomic E-state index is -0.000532. The number of nitrogens with zero attached hydrogens (tertiary/aromatic N) is 1. The van der Waals surface area contributed by atoms with Crippen LogP contribution in [0.4, 0.5) is 0 Å². The summed E-state index contributed by atoms with van der Waals surface area (Å²) in [5.41, 5.74) is 16.4. The Kier molecular flexibility index (Phi) is 8.95. The van der Waals surface area contributed by atoms with E-state index in [9.17, 15) is 0 Å². The fourth-order valence-electron chi connectivity index (χ4n) is 8.76. The first-order valence-corrected chi connectivity index (χ1v) is 19.9. The first-order chi connectivity index (χ1) is 25.7. The average Bonchev–Trinajstić information content (AvgIpc) is 3.77. The van der Waals surface area contributed by atoms with Crippen molar-refractivity contribution in [2.75, 3.05) is 6.54 Å². The Morgan fingerprint density at radius 1 is 0.942 bits per heavy atom. The van der Waals surface area contributed by atoms with E-state index in [1.807, 2.05) is 17.5 Å². The smallest absolute Gasteiger partial charge is 0.103 e. The Morgan fingerprint density at radius 2 is 1.83 bits per heavy atom. The molecule has 0 radical (unpaired) electrons. The maximum Gasteiger partial charge on any atom is 0.103 e. The molecule has 262 valence electrons. The predicted octanol–water partition coefficient (Wildman–Crippen LogP) is 10.4. The average molecular weight is 702 g/mol. The van der Waals surface area contributed by atoms with E-state index in [0.29, 0.717) is 5.92 Å². The Morgan fingerprint density at radius 3 is 2.60 bits per heavy atom. The van der Waals surface area contributed by atoms with Gasteiger partial charge in [0.05, 0.1) is 11.6 Å². The van der Waals surface area contributed by atoms with Crippen molar-refractivity contribution in [3.63, 3.8) is 0 Å². The number of nitrogens with two attached hydrogens (primary N) is 1. The number of dihydropyridines is 1. The second-order valence-corrected chi connectivity index (χ2v) is 15.5. The number of aromatic nitrogens is 1.